The fourth-order valence-corrected chi connectivity index (χ4v) is 2.59. The van der Waals surface area contributed by atoms with Crippen molar-refractivity contribution in [3.05, 3.63) is 82.1 Å². The van der Waals surface area contributed by atoms with E-state index in [1.807, 2.05) is 12.1 Å². The van der Waals surface area contributed by atoms with Crippen molar-refractivity contribution in [1.82, 2.24) is 4.90 Å². The number of hydrogen-bond donors (Lipinski definition) is 0. The van der Waals surface area contributed by atoms with Crippen molar-refractivity contribution < 1.29 is 9.18 Å². The first-order valence-corrected chi connectivity index (χ1v) is 7.47. The van der Waals surface area contributed by atoms with E-state index in [1.54, 1.807) is 12.1 Å². The SMILES string of the molecule is O=C(c1ccc(CN2CC=CC2)cc1)c1ccc(Cl)c(F)c1. The van der Waals surface area contributed by atoms with Crippen LogP contribution in [0.1, 0.15) is 21.5 Å². The van der Waals surface area contributed by atoms with Crippen molar-refractivity contribution in [2.45, 2.75) is 6.54 Å². The zero-order chi connectivity index (χ0) is 15.5. The van der Waals surface area contributed by atoms with Crippen LogP contribution in [0.4, 0.5) is 4.39 Å². The molecule has 1 aliphatic heterocycles. The maximum Gasteiger partial charge on any atom is 0.193 e. The first-order chi connectivity index (χ1) is 10.6. The summed E-state index contributed by atoms with van der Waals surface area (Å²) in [6.45, 7) is 2.78. The fraction of sp³-hybridized carbons (Fsp3) is 0.167. The third-order valence-electron chi connectivity index (χ3n) is 3.70. The second kappa shape index (κ2) is 6.42. The smallest absolute Gasteiger partial charge is 0.193 e. The summed E-state index contributed by atoms with van der Waals surface area (Å²) in [6, 6.07) is 11.6. The Kier molecular flexibility index (Phi) is 4.36. The molecule has 1 heterocycles. The van der Waals surface area contributed by atoms with Crippen LogP contribution in [-0.4, -0.2) is 23.8 Å². The van der Waals surface area contributed by atoms with Gasteiger partial charge in [-0.3, -0.25) is 9.69 Å². The molecule has 3 rings (SSSR count). The summed E-state index contributed by atoms with van der Waals surface area (Å²) in [5.74, 6) is -0.782. The van der Waals surface area contributed by atoms with Gasteiger partial charge in [-0.2, -0.15) is 0 Å². The first kappa shape index (κ1) is 14.9. The van der Waals surface area contributed by atoms with Crippen molar-refractivity contribution in [1.29, 1.82) is 0 Å². The van der Waals surface area contributed by atoms with Gasteiger partial charge < -0.3 is 0 Å². The van der Waals surface area contributed by atoms with E-state index in [0.717, 1.165) is 25.2 Å². The molecule has 0 atom stereocenters. The van der Waals surface area contributed by atoms with E-state index in [2.05, 4.69) is 17.1 Å². The Morgan fingerprint density at radius 2 is 1.68 bits per heavy atom. The highest BCUT2D eigenvalue weighted by Crippen LogP contribution is 2.19. The van der Waals surface area contributed by atoms with Crippen molar-refractivity contribution in [3.63, 3.8) is 0 Å². The average molecular weight is 316 g/mol. The monoisotopic (exact) mass is 315 g/mol. The van der Waals surface area contributed by atoms with Gasteiger partial charge in [0.2, 0.25) is 0 Å². The third-order valence-corrected chi connectivity index (χ3v) is 4.00. The zero-order valence-electron chi connectivity index (χ0n) is 11.9. The highest BCUT2D eigenvalue weighted by atomic mass is 35.5. The van der Waals surface area contributed by atoms with Crippen molar-refractivity contribution in [3.8, 4) is 0 Å². The number of ketones is 1. The van der Waals surface area contributed by atoms with Gasteiger partial charge in [0.25, 0.3) is 0 Å². The van der Waals surface area contributed by atoms with E-state index in [0.29, 0.717) is 11.1 Å². The van der Waals surface area contributed by atoms with Gasteiger partial charge in [0.15, 0.2) is 5.78 Å². The summed E-state index contributed by atoms with van der Waals surface area (Å²) in [6.07, 6.45) is 4.29. The van der Waals surface area contributed by atoms with Gasteiger partial charge in [-0.25, -0.2) is 4.39 Å². The molecule has 0 saturated heterocycles. The number of nitrogens with zero attached hydrogens (tertiary/aromatic N) is 1. The van der Waals surface area contributed by atoms with Crippen LogP contribution in [0.3, 0.4) is 0 Å². The Labute approximate surface area is 133 Å². The Morgan fingerprint density at radius 3 is 2.32 bits per heavy atom. The van der Waals surface area contributed by atoms with Crippen molar-refractivity contribution in [2.24, 2.45) is 0 Å². The second-order valence-electron chi connectivity index (χ2n) is 5.32. The predicted molar refractivity (Wildman–Crippen MR) is 85.7 cm³/mol. The van der Waals surface area contributed by atoms with Gasteiger partial charge >= 0.3 is 0 Å². The normalized spacial score (nSPS) is 14.5. The summed E-state index contributed by atoms with van der Waals surface area (Å²) in [5, 5.41) is 0.0196. The fourth-order valence-electron chi connectivity index (χ4n) is 2.47. The summed E-state index contributed by atoms with van der Waals surface area (Å²) in [5.41, 5.74) is 2.01. The molecule has 0 amide bonds. The number of carbonyl (C=O) groups excluding carboxylic acids is 1. The van der Waals surface area contributed by atoms with Gasteiger partial charge in [-0.1, -0.05) is 48.0 Å². The van der Waals surface area contributed by atoms with Gasteiger partial charge in [-0.05, 0) is 23.8 Å². The number of rotatable bonds is 4. The Balaban J connectivity index is 1.73. The lowest BCUT2D eigenvalue weighted by Crippen LogP contribution is -2.19. The number of carbonyl (C=O) groups is 1. The molecule has 0 bridgehead atoms. The zero-order valence-corrected chi connectivity index (χ0v) is 12.7. The minimum atomic E-state index is -0.578. The first-order valence-electron chi connectivity index (χ1n) is 7.09. The molecular formula is C18H15ClFNO. The molecule has 0 saturated carbocycles. The van der Waals surface area contributed by atoms with E-state index in [9.17, 15) is 9.18 Å². The maximum atomic E-state index is 13.5. The molecule has 0 N–H and O–H groups in total. The lowest BCUT2D eigenvalue weighted by Gasteiger charge is -2.14. The summed E-state index contributed by atoms with van der Waals surface area (Å²) in [4.78, 5) is 14.6. The van der Waals surface area contributed by atoms with Crippen LogP contribution in [0.2, 0.25) is 5.02 Å². The maximum absolute atomic E-state index is 13.5. The summed E-state index contributed by atoms with van der Waals surface area (Å²) >= 11 is 5.64. The topological polar surface area (TPSA) is 20.3 Å². The van der Waals surface area contributed by atoms with Gasteiger partial charge in [-0.15, -0.1) is 0 Å². The second-order valence-corrected chi connectivity index (χ2v) is 5.73. The Bertz CT molecular complexity index is 716. The van der Waals surface area contributed by atoms with E-state index >= 15 is 0 Å². The summed E-state index contributed by atoms with van der Waals surface area (Å²) < 4.78 is 13.5. The standard InChI is InChI=1S/C18H15ClFNO/c19-16-8-7-15(11-17(16)20)18(22)14-5-3-13(4-6-14)12-21-9-1-2-10-21/h1-8,11H,9-10,12H2. The quantitative estimate of drug-likeness (QED) is 0.626. The molecule has 22 heavy (non-hydrogen) atoms. The van der Waals surface area contributed by atoms with Crippen LogP contribution in [0, 0.1) is 5.82 Å². The molecule has 0 aliphatic carbocycles. The van der Waals surface area contributed by atoms with E-state index in [1.165, 1.54) is 18.2 Å². The lowest BCUT2D eigenvalue weighted by atomic mass is 10.0. The highest BCUT2D eigenvalue weighted by molar-refractivity contribution is 6.30. The molecule has 0 fully saturated rings. The Hall–Kier alpha value is -1.97. The molecule has 0 unspecified atom stereocenters. The molecule has 4 heteroatoms. The molecular weight excluding hydrogens is 301 g/mol. The van der Waals surface area contributed by atoms with Crippen molar-refractivity contribution >= 4 is 17.4 Å². The van der Waals surface area contributed by atoms with Crippen LogP contribution in [-0.2, 0) is 6.54 Å². The van der Waals surface area contributed by atoms with Gasteiger partial charge in [0.1, 0.15) is 5.82 Å². The minimum absolute atomic E-state index is 0.0196. The Morgan fingerprint density at radius 1 is 1.05 bits per heavy atom. The highest BCUT2D eigenvalue weighted by Gasteiger charge is 2.12. The van der Waals surface area contributed by atoms with E-state index in [-0.39, 0.29) is 10.8 Å². The molecule has 2 nitrogen and oxygen atoms in total. The lowest BCUT2D eigenvalue weighted by molar-refractivity contribution is 0.103. The van der Waals surface area contributed by atoms with Crippen LogP contribution >= 0.6 is 11.6 Å². The molecule has 0 radical (unpaired) electrons. The predicted octanol–water partition coefficient (Wildman–Crippen LogP) is 4.08. The molecule has 0 aromatic heterocycles. The van der Waals surface area contributed by atoms with Crippen LogP contribution < -0.4 is 0 Å². The molecule has 2 aromatic carbocycles. The van der Waals surface area contributed by atoms with Gasteiger partial charge in [0.05, 0.1) is 5.02 Å². The third kappa shape index (κ3) is 3.26. The molecule has 0 spiro atoms. The number of halogens is 2. The van der Waals surface area contributed by atoms with E-state index in [4.69, 9.17) is 11.6 Å². The largest absolute Gasteiger partial charge is 0.292 e. The molecule has 112 valence electrons. The number of hydrogen-bond acceptors (Lipinski definition) is 2. The summed E-state index contributed by atoms with van der Waals surface area (Å²) in [7, 11) is 0. The van der Waals surface area contributed by atoms with Crippen molar-refractivity contribution in [2.75, 3.05) is 13.1 Å². The molecule has 1 aliphatic rings. The van der Waals surface area contributed by atoms with E-state index < -0.39 is 5.82 Å². The van der Waals surface area contributed by atoms with Gasteiger partial charge in [0, 0.05) is 30.8 Å². The minimum Gasteiger partial charge on any atom is -0.292 e. The number of benzene rings is 2. The van der Waals surface area contributed by atoms with Crippen LogP contribution in [0.25, 0.3) is 0 Å². The van der Waals surface area contributed by atoms with Crippen LogP contribution in [0.15, 0.2) is 54.6 Å². The average Bonchev–Trinajstić information content (AvgIpc) is 3.03. The van der Waals surface area contributed by atoms with Crippen LogP contribution in [0.5, 0.6) is 0 Å². The molecule has 2 aromatic rings.